The van der Waals surface area contributed by atoms with Crippen molar-refractivity contribution in [2.45, 2.75) is 26.3 Å². The van der Waals surface area contributed by atoms with Gasteiger partial charge in [0.1, 0.15) is 0 Å². The quantitative estimate of drug-likeness (QED) is 0.655. The second kappa shape index (κ2) is 7.00. The van der Waals surface area contributed by atoms with Gasteiger partial charge in [-0.1, -0.05) is 0 Å². The maximum Gasteiger partial charge on any atom is 0.341 e. The van der Waals surface area contributed by atoms with Crippen molar-refractivity contribution < 1.29 is 9.53 Å². The van der Waals surface area contributed by atoms with Crippen LogP contribution in [0.25, 0.3) is 11.0 Å². The summed E-state index contributed by atoms with van der Waals surface area (Å²) in [6, 6.07) is 7.97. The fourth-order valence-electron chi connectivity index (χ4n) is 2.36. The summed E-state index contributed by atoms with van der Waals surface area (Å²) in [5, 5.41) is 5.23. The van der Waals surface area contributed by atoms with Crippen LogP contribution < -0.4 is 0 Å². The molecule has 6 heteroatoms. The predicted molar refractivity (Wildman–Crippen MR) is 86.0 cm³/mol. The van der Waals surface area contributed by atoms with Crippen molar-refractivity contribution in [3.05, 3.63) is 54.1 Å². The minimum absolute atomic E-state index is 0.332. The third kappa shape index (κ3) is 3.71. The van der Waals surface area contributed by atoms with E-state index in [9.17, 15) is 4.79 Å². The van der Waals surface area contributed by atoms with Gasteiger partial charge in [-0.25, -0.2) is 14.8 Å². The Morgan fingerprint density at radius 1 is 1.30 bits per heavy atom. The Balaban J connectivity index is 1.57. The molecule has 3 rings (SSSR count). The van der Waals surface area contributed by atoms with Gasteiger partial charge >= 0.3 is 5.97 Å². The number of carbonyl (C=O) groups is 1. The highest BCUT2D eigenvalue weighted by atomic mass is 16.5. The molecule has 6 nitrogen and oxygen atoms in total. The van der Waals surface area contributed by atoms with E-state index in [4.69, 9.17) is 4.74 Å². The standard InChI is InChI=1S/C17H18N4O2/c1-2-23-17(22)14-11-19-21(12-14)10-4-6-15-8-7-13-5-3-9-18-16(13)20-15/h3,5,7-9,11-12H,2,4,6,10H2,1H3. The SMILES string of the molecule is CCOC(=O)c1cnn(CCCc2ccc3cccnc3n2)c1. The molecule has 3 aromatic rings. The molecule has 0 saturated carbocycles. The fraction of sp³-hybridized carbons (Fsp3) is 0.294. The van der Waals surface area contributed by atoms with E-state index in [-0.39, 0.29) is 5.97 Å². The molecule has 3 aromatic heterocycles. The van der Waals surface area contributed by atoms with Crippen LogP contribution in [0.5, 0.6) is 0 Å². The number of pyridine rings is 2. The van der Waals surface area contributed by atoms with Crippen molar-refractivity contribution in [1.29, 1.82) is 0 Å². The first-order valence-electron chi connectivity index (χ1n) is 7.66. The van der Waals surface area contributed by atoms with E-state index in [2.05, 4.69) is 15.1 Å². The first-order valence-corrected chi connectivity index (χ1v) is 7.66. The number of rotatable bonds is 6. The molecule has 0 amide bonds. The lowest BCUT2D eigenvalue weighted by molar-refractivity contribution is 0.0526. The number of hydrogen-bond acceptors (Lipinski definition) is 5. The zero-order chi connectivity index (χ0) is 16.1. The van der Waals surface area contributed by atoms with Crippen LogP contribution in [0.3, 0.4) is 0 Å². The lowest BCUT2D eigenvalue weighted by Crippen LogP contribution is -2.04. The molecule has 0 unspecified atom stereocenters. The molecule has 0 bridgehead atoms. The molecular weight excluding hydrogens is 292 g/mol. The van der Waals surface area contributed by atoms with Gasteiger partial charge in [0, 0.05) is 30.0 Å². The first-order chi connectivity index (χ1) is 11.3. The molecule has 0 aliphatic heterocycles. The summed E-state index contributed by atoms with van der Waals surface area (Å²) in [7, 11) is 0. The molecule has 3 heterocycles. The molecule has 0 saturated heterocycles. The summed E-state index contributed by atoms with van der Waals surface area (Å²) in [4.78, 5) is 20.4. The van der Waals surface area contributed by atoms with E-state index >= 15 is 0 Å². The van der Waals surface area contributed by atoms with Gasteiger partial charge < -0.3 is 4.74 Å². The van der Waals surface area contributed by atoms with E-state index in [0.29, 0.717) is 12.2 Å². The van der Waals surface area contributed by atoms with Crippen LogP contribution in [-0.2, 0) is 17.7 Å². The molecule has 118 valence electrons. The average molecular weight is 310 g/mol. The predicted octanol–water partition coefficient (Wildman–Crippen LogP) is 2.64. The topological polar surface area (TPSA) is 69.9 Å². The molecule has 0 aliphatic rings. The monoisotopic (exact) mass is 310 g/mol. The zero-order valence-corrected chi connectivity index (χ0v) is 13.0. The van der Waals surface area contributed by atoms with E-state index in [1.54, 1.807) is 24.0 Å². The minimum atomic E-state index is -0.332. The van der Waals surface area contributed by atoms with Gasteiger partial charge in [0.05, 0.1) is 18.4 Å². The summed E-state index contributed by atoms with van der Waals surface area (Å²) in [6.45, 7) is 2.88. The third-order valence-electron chi connectivity index (χ3n) is 3.49. The van der Waals surface area contributed by atoms with Crippen molar-refractivity contribution in [3.8, 4) is 0 Å². The van der Waals surface area contributed by atoms with Crippen LogP contribution in [0.4, 0.5) is 0 Å². The van der Waals surface area contributed by atoms with Crippen LogP contribution in [-0.4, -0.2) is 32.3 Å². The molecule has 0 radical (unpaired) electrons. The lowest BCUT2D eigenvalue weighted by Gasteiger charge is -2.03. The number of aromatic nitrogens is 4. The molecule has 0 aliphatic carbocycles. The van der Waals surface area contributed by atoms with E-state index in [1.807, 2.05) is 24.3 Å². The van der Waals surface area contributed by atoms with Gasteiger partial charge in [0.15, 0.2) is 5.65 Å². The van der Waals surface area contributed by atoms with Gasteiger partial charge in [-0.3, -0.25) is 4.68 Å². The maximum absolute atomic E-state index is 11.6. The number of esters is 1. The van der Waals surface area contributed by atoms with E-state index in [0.717, 1.165) is 36.1 Å². The normalized spacial score (nSPS) is 10.8. The first kappa shape index (κ1) is 15.1. The summed E-state index contributed by atoms with van der Waals surface area (Å²) < 4.78 is 6.70. The average Bonchev–Trinajstić information content (AvgIpc) is 3.04. The van der Waals surface area contributed by atoms with Crippen molar-refractivity contribution >= 4 is 17.0 Å². The van der Waals surface area contributed by atoms with Crippen molar-refractivity contribution in [1.82, 2.24) is 19.7 Å². The van der Waals surface area contributed by atoms with Crippen molar-refractivity contribution in [3.63, 3.8) is 0 Å². The van der Waals surface area contributed by atoms with Crippen LogP contribution in [0, 0.1) is 0 Å². The lowest BCUT2D eigenvalue weighted by atomic mass is 10.2. The molecular formula is C17H18N4O2. The Bertz CT molecular complexity index is 813. The number of ether oxygens (including phenoxy) is 1. The second-order valence-corrected chi connectivity index (χ2v) is 5.17. The number of carbonyl (C=O) groups excluding carboxylic acids is 1. The van der Waals surface area contributed by atoms with Gasteiger partial charge in [-0.05, 0) is 44.0 Å². The van der Waals surface area contributed by atoms with Gasteiger partial charge in [-0.2, -0.15) is 5.10 Å². The van der Waals surface area contributed by atoms with Gasteiger partial charge in [0.2, 0.25) is 0 Å². The highest BCUT2D eigenvalue weighted by molar-refractivity contribution is 5.88. The molecule has 23 heavy (non-hydrogen) atoms. The Morgan fingerprint density at radius 3 is 3.09 bits per heavy atom. The smallest absolute Gasteiger partial charge is 0.341 e. The Morgan fingerprint density at radius 2 is 2.22 bits per heavy atom. The van der Waals surface area contributed by atoms with Crippen LogP contribution in [0.2, 0.25) is 0 Å². The maximum atomic E-state index is 11.6. The van der Waals surface area contributed by atoms with Crippen LogP contribution >= 0.6 is 0 Å². The molecule has 0 aromatic carbocycles. The summed E-state index contributed by atoms with van der Waals surface area (Å²) >= 11 is 0. The Hall–Kier alpha value is -2.76. The Labute approximate surface area is 134 Å². The molecule has 0 fully saturated rings. The van der Waals surface area contributed by atoms with Crippen molar-refractivity contribution in [2.24, 2.45) is 0 Å². The summed E-state index contributed by atoms with van der Waals surface area (Å²) in [5.41, 5.74) is 2.27. The molecule has 0 spiro atoms. The Kier molecular flexibility index (Phi) is 4.61. The third-order valence-corrected chi connectivity index (χ3v) is 3.49. The summed E-state index contributed by atoms with van der Waals surface area (Å²) in [6.07, 6.45) is 6.72. The highest BCUT2D eigenvalue weighted by Gasteiger charge is 2.09. The summed E-state index contributed by atoms with van der Waals surface area (Å²) in [5.74, 6) is -0.332. The molecule has 0 N–H and O–H groups in total. The zero-order valence-electron chi connectivity index (χ0n) is 13.0. The highest BCUT2D eigenvalue weighted by Crippen LogP contribution is 2.11. The largest absolute Gasteiger partial charge is 0.462 e. The van der Waals surface area contributed by atoms with Crippen molar-refractivity contribution in [2.75, 3.05) is 6.61 Å². The minimum Gasteiger partial charge on any atom is -0.462 e. The second-order valence-electron chi connectivity index (χ2n) is 5.17. The fourth-order valence-corrected chi connectivity index (χ4v) is 2.36. The number of fused-ring (bicyclic) bond motifs is 1. The van der Waals surface area contributed by atoms with Gasteiger partial charge in [-0.15, -0.1) is 0 Å². The van der Waals surface area contributed by atoms with E-state index < -0.39 is 0 Å². The van der Waals surface area contributed by atoms with Gasteiger partial charge in [0.25, 0.3) is 0 Å². The van der Waals surface area contributed by atoms with Crippen LogP contribution in [0.1, 0.15) is 29.4 Å². The van der Waals surface area contributed by atoms with E-state index in [1.165, 1.54) is 6.20 Å². The number of nitrogens with zero attached hydrogens (tertiary/aromatic N) is 4. The number of aryl methyl sites for hydroxylation is 2. The van der Waals surface area contributed by atoms with Crippen LogP contribution in [0.15, 0.2) is 42.9 Å². The molecule has 0 atom stereocenters. The number of hydrogen-bond donors (Lipinski definition) is 0.